The van der Waals surface area contributed by atoms with E-state index >= 15 is 0 Å². The van der Waals surface area contributed by atoms with Gasteiger partial charge in [-0.05, 0) is 71.8 Å². The van der Waals surface area contributed by atoms with Crippen LogP contribution >= 0.6 is 0 Å². The number of carbonyl (C=O) groups excluding carboxylic acids is 1. The maximum absolute atomic E-state index is 13.6. The predicted molar refractivity (Wildman–Crippen MR) is 164 cm³/mol. The lowest BCUT2D eigenvalue weighted by atomic mass is 9.85. The first-order valence-electron chi connectivity index (χ1n) is 14.1. The largest absolute Gasteiger partial charge is 0.379 e. The molecule has 0 saturated carbocycles. The lowest BCUT2D eigenvalue weighted by Crippen LogP contribution is -2.37. The van der Waals surface area contributed by atoms with Gasteiger partial charge in [0.2, 0.25) is 0 Å². The van der Waals surface area contributed by atoms with Crippen LogP contribution in [0.15, 0.2) is 73.3 Å². The topological polar surface area (TPSA) is 92.3 Å². The number of aromatic nitrogens is 3. The smallest absolute Gasteiger partial charge is 0.255 e. The van der Waals surface area contributed by atoms with Gasteiger partial charge in [-0.25, -0.2) is 15.0 Å². The van der Waals surface area contributed by atoms with Crippen molar-refractivity contribution in [1.29, 1.82) is 0 Å². The molecule has 1 fully saturated rings. The van der Waals surface area contributed by atoms with E-state index in [9.17, 15) is 4.79 Å². The number of hydrogen-bond donors (Lipinski definition) is 2. The van der Waals surface area contributed by atoms with Crippen LogP contribution in [0.2, 0.25) is 0 Å². The third-order valence-corrected chi connectivity index (χ3v) is 7.44. The molecule has 0 bridgehead atoms. The molecular weight excluding hydrogens is 512 g/mol. The van der Waals surface area contributed by atoms with E-state index in [1.807, 2.05) is 49.4 Å². The van der Waals surface area contributed by atoms with Crippen molar-refractivity contribution in [2.75, 3.05) is 43.5 Å². The van der Waals surface area contributed by atoms with E-state index in [1.165, 1.54) is 11.9 Å². The number of amides is 1. The van der Waals surface area contributed by atoms with Crippen LogP contribution in [-0.2, 0) is 16.6 Å². The molecule has 0 unspecified atom stereocenters. The molecule has 212 valence electrons. The minimum absolute atomic E-state index is 0.0177. The second-order valence-electron chi connectivity index (χ2n) is 11.4. The number of pyridine rings is 1. The normalized spacial score (nSPS) is 14.0. The number of hydrogen-bond acceptors (Lipinski definition) is 7. The van der Waals surface area contributed by atoms with Crippen molar-refractivity contribution in [3.8, 4) is 11.3 Å². The van der Waals surface area contributed by atoms with Crippen LogP contribution in [0.5, 0.6) is 0 Å². The van der Waals surface area contributed by atoms with E-state index < -0.39 is 0 Å². The van der Waals surface area contributed by atoms with Crippen molar-refractivity contribution >= 4 is 23.1 Å². The molecule has 0 radical (unpaired) electrons. The number of ether oxygens (including phenoxy) is 1. The Morgan fingerprint density at radius 1 is 0.976 bits per heavy atom. The van der Waals surface area contributed by atoms with Crippen molar-refractivity contribution in [1.82, 2.24) is 19.9 Å². The maximum atomic E-state index is 13.6. The Kier molecular flexibility index (Phi) is 8.71. The van der Waals surface area contributed by atoms with Crippen molar-refractivity contribution < 1.29 is 9.53 Å². The first-order chi connectivity index (χ1) is 19.8. The van der Waals surface area contributed by atoms with Crippen LogP contribution in [0.25, 0.3) is 11.3 Å². The van der Waals surface area contributed by atoms with Crippen LogP contribution in [0.3, 0.4) is 0 Å². The molecule has 0 aliphatic carbocycles. The van der Waals surface area contributed by atoms with Gasteiger partial charge in [0.15, 0.2) is 0 Å². The molecule has 2 aromatic heterocycles. The van der Waals surface area contributed by atoms with Gasteiger partial charge in [-0.15, -0.1) is 0 Å². The summed E-state index contributed by atoms with van der Waals surface area (Å²) in [5.74, 6) is 0.510. The number of rotatable bonds is 8. The van der Waals surface area contributed by atoms with Crippen LogP contribution < -0.4 is 10.6 Å². The van der Waals surface area contributed by atoms with E-state index in [2.05, 4.69) is 63.4 Å². The summed E-state index contributed by atoms with van der Waals surface area (Å²) < 4.78 is 5.51. The van der Waals surface area contributed by atoms with E-state index in [-0.39, 0.29) is 11.3 Å². The highest BCUT2D eigenvalue weighted by Crippen LogP contribution is 2.30. The second kappa shape index (κ2) is 12.6. The monoisotopic (exact) mass is 550 g/mol. The van der Waals surface area contributed by atoms with E-state index in [1.54, 1.807) is 12.4 Å². The summed E-state index contributed by atoms with van der Waals surface area (Å²) >= 11 is 0. The Bertz CT molecular complexity index is 1490. The fraction of sp³-hybridized carbons (Fsp3) is 0.333. The highest BCUT2D eigenvalue weighted by atomic mass is 16.5. The Labute approximate surface area is 242 Å². The minimum atomic E-state index is -0.152. The number of aryl methyl sites for hydroxylation is 1. The molecule has 1 aliphatic rings. The number of anilines is 3. The van der Waals surface area contributed by atoms with Crippen LogP contribution in [0, 0.1) is 6.92 Å². The molecular formula is C33H38N6O2. The fourth-order valence-electron chi connectivity index (χ4n) is 4.87. The number of benzene rings is 2. The molecule has 0 atom stereocenters. The van der Waals surface area contributed by atoms with Crippen LogP contribution in [0.1, 0.15) is 47.8 Å². The zero-order chi connectivity index (χ0) is 28.8. The molecule has 2 N–H and O–H groups in total. The highest BCUT2D eigenvalue weighted by molar-refractivity contribution is 6.05. The van der Waals surface area contributed by atoms with Gasteiger partial charge < -0.3 is 15.4 Å². The average Bonchev–Trinajstić information content (AvgIpc) is 2.98. The van der Waals surface area contributed by atoms with Crippen molar-refractivity contribution in [3.05, 3.63) is 95.6 Å². The lowest BCUT2D eigenvalue weighted by molar-refractivity contribution is 0.0384. The first kappa shape index (κ1) is 28.4. The molecule has 8 nitrogen and oxygen atoms in total. The fourth-order valence-corrected chi connectivity index (χ4v) is 4.87. The molecule has 5 rings (SSSR count). The molecule has 1 aliphatic heterocycles. The standard InChI is InChI=1S/C33H38N6O2/c1-23-7-8-25(21-30(23)37-31-27(6-5-13-35-31)29-11-14-34-22-36-29)32(40)38-28-10-9-26(33(2,3)4)20-24(28)12-15-39-16-18-41-19-17-39/h5-11,13-14,20-22H,12,15-19H2,1-4H3,(H,35,37)(H,38,40). The average molecular weight is 551 g/mol. The maximum Gasteiger partial charge on any atom is 0.255 e. The van der Waals surface area contributed by atoms with Gasteiger partial charge in [0.1, 0.15) is 12.1 Å². The van der Waals surface area contributed by atoms with Crippen LogP contribution in [-0.4, -0.2) is 58.6 Å². The Hall–Kier alpha value is -4.14. The molecule has 8 heteroatoms. The van der Waals surface area contributed by atoms with E-state index in [0.717, 1.165) is 73.0 Å². The van der Waals surface area contributed by atoms with Crippen molar-refractivity contribution in [2.45, 2.75) is 39.5 Å². The predicted octanol–water partition coefficient (Wildman–Crippen LogP) is 6.02. The molecule has 0 spiro atoms. The second-order valence-corrected chi connectivity index (χ2v) is 11.4. The van der Waals surface area contributed by atoms with Gasteiger partial charge in [0.25, 0.3) is 5.91 Å². The van der Waals surface area contributed by atoms with Crippen LogP contribution in [0.4, 0.5) is 17.2 Å². The molecule has 1 amide bonds. The number of nitrogens with one attached hydrogen (secondary N) is 2. The zero-order valence-corrected chi connectivity index (χ0v) is 24.3. The SMILES string of the molecule is Cc1ccc(C(=O)Nc2ccc(C(C)(C)C)cc2CCN2CCOCC2)cc1Nc1ncccc1-c1ccncn1. The molecule has 41 heavy (non-hydrogen) atoms. The van der Waals surface area contributed by atoms with E-state index in [0.29, 0.717) is 11.4 Å². The third kappa shape index (κ3) is 7.14. The Balaban J connectivity index is 1.37. The summed E-state index contributed by atoms with van der Waals surface area (Å²) in [4.78, 5) is 28.9. The number of nitrogens with zero attached hydrogens (tertiary/aromatic N) is 4. The molecule has 1 saturated heterocycles. The van der Waals surface area contributed by atoms with E-state index in [4.69, 9.17) is 4.74 Å². The number of carbonyl (C=O) groups is 1. The Morgan fingerprint density at radius 2 is 1.80 bits per heavy atom. The summed E-state index contributed by atoms with van der Waals surface area (Å²) in [5, 5.41) is 6.62. The van der Waals surface area contributed by atoms with Crippen molar-refractivity contribution in [3.63, 3.8) is 0 Å². The minimum Gasteiger partial charge on any atom is -0.379 e. The summed E-state index contributed by atoms with van der Waals surface area (Å²) in [5.41, 5.74) is 7.26. The van der Waals surface area contributed by atoms with Crippen molar-refractivity contribution in [2.24, 2.45) is 0 Å². The summed E-state index contributed by atoms with van der Waals surface area (Å²) in [6.45, 7) is 13.0. The number of morpholine rings is 1. The molecule has 3 heterocycles. The third-order valence-electron chi connectivity index (χ3n) is 7.44. The highest BCUT2D eigenvalue weighted by Gasteiger charge is 2.19. The molecule has 4 aromatic rings. The van der Waals surface area contributed by atoms with Gasteiger partial charge >= 0.3 is 0 Å². The van der Waals surface area contributed by atoms with Gasteiger partial charge in [0.05, 0.1) is 18.9 Å². The Morgan fingerprint density at radius 3 is 2.56 bits per heavy atom. The summed E-state index contributed by atoms with van der Waals surface area (Å²) in [6.07, 6.45) is 5.81. The molecule has 2 aromatic carbocycles. The zero-order valence-electron chi connectivity index (χ0n) is 24.3. The quantitative estimate of drug-likeness (QED) is 0.277. The lowest BCUT2D eigenvalue weighted by Gasteiger charge is -2.27. The van der Waals surface area contributed by atoms with Gasteiger partial charge in [-0.1, -0.05) is 39.0 Å². The summed E-state index contributed by atoms with van der Waals surface area (Å²) in [7, 11) is 0. The van der Waals surface area contributed by atoms with Gasteiger partial charge in [0, 0.05) is 54.5 Å². The van der Waals surface area contributed by atoms with Gasteiger partial charge in [-0.2, -0.15) is 0 Å². The van der Waals surface area contributed by atoms with Gasteiger partial charge in [-0.3, -0.25) is 9.69 Å². The summed E-state index contributed by atoms with van der Waals surface area (Å²) in [6, 6.07) is 17.8. The first-order valence-corrected chi connectivity index (χ1v) is 14.1.